The van der Waals surface area contributed by atoms with E-state index in [1.54, 1.807) is 12.1 Å². The zero-order chi connectivity index (χ0) is 16.1. The van der Waals surface area contributed by atoms with E-state index in [1.165, 1.54) is 12.4 Å². The van der Waals surface area contributed by atoms with Crippen molar-refractivity contribution in [3.05, 3.63) is 60.2 Å². The van der Waals surface area contributed by atoms with Crippen LogP contribution in [0.5, 0.6) is 5.75 Å². The molecule has 1 N–H and O–H groups in total. The molecule has 5 heteroatoms. The van der Waals surface area contributed by atoms with Gasteiger partial charge in [0.25, 0.3) is 0 Å². The van der Waals surface area contributed by atoms with Crippen molar-refractivity contribution < 1.29 is 9.13 Å². The maximum Gasteiger partial charge on any atom is 0.140 e. The second-order valence-corrected chi connectivity index (χ2v) is 5.20. The molecule has 118 valence electrons. The minimum absolute atomic E-state index is 0.325. The average Bonchev–Trinajstić information content (AvgIpc) is 2.59. The first-order valence-corrected chi connectivity index (χ1v) is 7.62. The summed E-state index contributed by atoms with van der Waals surface area (Å²) in [4.78, 5) is 8.24. The summed E-state index contributed by atoms with van der Waals surface area (Å²) in [6.07, 6.45) is 2.42. The van der Waals surface area contributed by atoms with Crippen LogP contribution in [0.2, 0.25) is 0 Å². The quantitative estimate of drug-likeness (QED) is 0.742. The van der Waals surface area contributed by atoms with Crippen LogP contribution in [-0.4, -0.2) is 16.6 Å². The summed E-state index contributed by atoms with van der Waals surface area (Å²) in [7, 11) is 0. The van der Waals surface area contributed by atoms with Crippen LogP contribution in [0.25, 0.3) is 10.9 Å². The molecule has 0 aliphatic rings. The lowest BCUT2D eigenvalue weighted by Gasteiger charge is -2.10. The van der Waals surface area contributed by atoms with Crippen molar-refractivity contribution >= 4 is 16.7 Å². The van der Waals surface area contributed by atoms with Gasteiger partial charge in [0.1, 0.15) is 23.7 Å². The lowest BCUT2D eigenvalue weighted by atomic mass is 10.2. The van der Waals surface area contributed by atoms with Crippen LogP contribution < -0.4 is 10.1 Å². The van der Waals surface area contributed by atoms with Gasteiger partial charge in [-0.3, -0.25) is 0 Å². The second kappa shape index (κ2) is 7.05. The zero-order valence-corrected chi connectivity index (χ0v) is 12.9. The van der Waals surface area contributed by atoms with Crippen molar-refractivity contribution in [1.82, 2.24) is 9.97 Å². The van der Waals surface area contributed by atoms with E-state index < -0.39 is 0 Å². The fourth-order valence-corrected chi connectivity index (χ4v) is 2.31. The highest BCUT2D eigenvalue weighted by Crippen LogP contribution is 2.23. The smallest absolute Gasteiger partial charge is 0.140 e. The van der Waals surface area contributed by atoms with Gasteiger partial charge in [0.2, 0.25) is 0 Å². The summed E-state index contributed by atoms with van der Waals surface area (Å²) in [5.41, 5.74) is 1.66. The molecule has 0 fully saturated rings. The lowest BCUT2D eigenvalue weighted by Crippen LogP contribution is -2.03. The monoisotopic (exact) mass is 311 g/mol. The van der Waals surface area contributed by atoms with Crippen LogP contribution in [0.1, 0.15) is 18.9 Å². The molecule has 3 rings (SSSR count). The zero-order valence-electron chi connectivity index (χ0n) is 12.9. The van der Waals surface area contributed by atoms with Gasteiger partial charge in [-0.05, 0) is 36.2 Å². The maximum absolute atomic E-state index is 14.0. The Balaban J connectivity index is 1.73. The number of anilines is 1. The fraction of sp³-hybridized carbons (Fsp3) is 0.222. The van der Waals surface area contributed by atoms with E-state index in [0.29, 0.717) is 29.9 Å². The SMILES string of the molecule is CCCOc1ccc(CNc2ncnc3cccc(F)c23)cc1. The molecule has 0 radical (unpaired) electrons. The van der Waals surface area contributed by atoms with Crippen molar-refractivity contribution in [2.45, 2.75) is 19.9 Å². The normalized spacial score (nSPS) is 10.7. The van der Waals surface area contributed by atoms with Gasteiger partial charge in [-0.2, -0.15) is 0 Å². The summed E-state index contributed by atoms with van der Waals surface area (Å²) >= 11 is 0. The number of halogens is 1. The van der Waals surface area contributed by atoms with Crippen LogP contribution in [0.15, 0.2) is 48.8 Å². The van der Waals surface area contributed by atoms with Crippen molar-refractivity contribution in [2.24, 2.45) is 0 Å². The molecule has 3 aromatic rings. The molecule has 23 heavy (non-hydrogen) atoms. The van der Waals surface area contributed by atoms with E-state index in [0.717, 1.165) is 17.7 Å². The third-order valence-electron chi connectivity index (χ3n) is 3.47. The van der Waals surface area contributed by atoms with Crippen molar-refractivity contribution in [3.63, 3.8) is 0 Å². The Kier molecular flexibility index (Phi) is 4.66. The van der Waals surface area contributed by atoms with Crippen LogP contribution in [0.3, 0.4) is 0 Å². The van der Waals surface area contributed by atoms with Crippen LogP contribution in [-0.2, 0) is 6.54 Å². The average molecular weight is 311 g/mol. The highest BCUT2D eigenvalue weighted by atomic mass is 19.1. The maximum atomic E-state index is 14.0. The molecule has 0 saturated heterocycles. The Hall–Kier alpha value is -2.69. The first kappa shape index (κ1) is 15.2. The number of nitrogens with zero attached hydrogens (tertiary/aromatic N) is 2. The van der Waals surface area contributed by atoms with Gasteiger partial charge in [-0.25, -0.2) is 14.4 Å². The summed E-state index contributed by atoms with van der Waals surface area (Å²) in [6.45, 7) is 3.34. The minimum Gasteiger partial charge on any atom is -0.494 e. The predicted octanol–water partition coefficient (Wildman–Crippen LogP) is 4.17. The van der Waals surface area contributed by atoms with E-state index in [9.17, 15) is 4.39 Å². The Morgan fingerprint density at radius 2 is 1.91 bits per heavy atom. The molecule has 0 saturated carbocycles. The molecule has 0 atom stereocenters. The summed E-state index contributed by atoms with van der Waals surface area (Å²) in [5, 5.41) is 3.59. The molecular weight excluding hydrogens is 293 g/mol. The van der Waals surface area contributed by atoms with E-state index in [4.69, 9.17) is 4.74 Å². The Labute approximate surface area is 134 Å². The molecule has 0 aliphatic heterocycles. The highest BCUT2D eigenvalue weighted by Gasteiger charge is 2.08. The lowest BCUT2D eigenvalue weighted by molar-refractivity contribution is 0.317. The van der Waals surface area contributed by atoms with Gasteiger partial charge in [0, 0.05) is 6.54 Å². The summed E-state index contributed by atoms with van der Waals surface area (Å²) in [6, 6.07) is 12.7. The van der Waals surface area contributed by atoms with Gasteiger partial charge in [-0.15, -0.1) is 0 Å². The molecule has 0 bridgehead atoms. The second-order valence-electron chi connectivity index (χ2n) is 5.20. The van der Waals surface area contributed by atoms with E-state index >= 15 is 0 Å². The van der Waals surface area contributed by atoms with Crippen molar-refractivity contribution in [2.75, 3.05) is 11.9 Å². The number of nitrogens with one attached hydrogen (secondary N) is 1. The molecule has 4 nitrogen and oxygen atoms in total. The van der Waals surface area contributed by atoms with Crippen LogP contribution >= 0.6 is 0 Å². The van der Waals surface area contributed by atoms with Gasteiger partial charge in [0.05, 0.1) is 17.5 Å². The molecule has 0 aliphatic carbocycles. The minimum atomic E-state index is -0.325. The van der Waals surface area contributed by atoms with Gasteiger partial charge in [0.15, 0.2) is 0 Å². The Morgan fingerprint density at radius 3 is 2.70 bits per heavy atom. The molecular formula is C18H18FN3O. The largest absolute Gasteiger partial charge is 0.494 e. The van der Waals surface area contributed by atoms with Crippen molar-refractivity contribution in [1.29, 1.82) is 0 Å². The molecule has 1 aromatic heterocycles. The van der Waals surface area contributed by atoms with E-state index in [2.05, 4.69) is 22.2 Å². The third kappa shape index (κ3) is 3.56. The standard InChI is InChI=1S/C18H18FN3O/c1-2-10-23-14-8-6-13(7-9-14)11-20-18-17-15(19)4-3-5-16(17)21-12-22-18/h3-9,12H,2,10-11H2,1H3,(H,20,21,22). The summed E-state index contributed by atoms with van der Waals surface area (Å²) < 4.78 is 19.6. The van der Waals surface area contributed by atoms with E-state index in [-0.39, 0.29) is 5.82 Å². The first-order chi connectivity index (χ1) is 11.3. The van der Waals surface area contributed by atoms with Gasteiger partial charge in [-0.1, -0.05) is 25.1 Å². The number of rotatable bonds is 6. The molecule has 0 amide bonds. The number of ether oxygens (including phenoxy) is 1. The number of aromatic nitrogens is 2. The van der Waals surface area contributed by atoms with E-state index in [1.807, 2.05) is 24.3 Å². The number of hydrogen-bond donors (Lipinski definition) is 1. The molecule has 0 spiro atoms. The van der Waals surface area contributed by atoms with Crippen molar-refractivity contribution in [3.8, 4) is 5.75 Å². The third-order valence-corrected chi connectivity index (χ3v) is 3.47. The Morgan fingerprint density at radius 1 is 1.09 bits per heavy atom. The topological polar surface area (TPSA) is 47.0 Å². The van der Waals surface area contributed by atoms with Gasteiger partial charge < -0.3 is 10.1 Å². The predicted molar refractivity (Wildman–Crippen MR) is 89.1 cm³/mol. The Bertz CT molecular complexity index is 785. The van der Waals surface area contributed by atoms with Gasteiger partial charge >= 0.3 is 0 Å². The molecule has 1 heterocycles. The highest BCUT2D eigenvalue weighted by molar-refractivity contribution is 5.89. The fourth-order valence-electron chi connectivity index (χ4n) is 2.31. The number of fused-ring (bicyclic) bond motifs is 1. The molecule has 0 unspecified atom stereocenters. The first-order valence-electron chi connectivity index (χ1n) is 7.62. The van der Waals surface area contributed by atoms with Crippen LogP contribution in [0.4, 0.5) is 10.2 Å². The number of hydrogen-bond acceptors (Lipinski definition) is 4. The number of benzene rings is 2. The molecule has 2 aromatic carbocycles. The van der Waals surface area contributed by atoms with Crippen LogP contribution in [0, 0.1) is 5.82 Å². The summed E-state index contributed by atoms with van der Waals surface area (Å²) in [5.74, 6) is 1.03.